The van der Waals surface area contributed by atoms with E-state index in [1.165, 1.54) is 12.8 Å². The molecular formula is C12H20N4. The van der Waals surface area contributed by atoms with Gasteiger partial charge in [0.15, 0.2) is 0 Å². The molecule has 0 amide bonds. The second-order valence-electron chi connectivity index (χ2n) is 4.35. The van der Waals surface area contributed by atoms with Gasteiger partial charge in [0, 0.05) is 25.3 Å². The van der Waals surface area contributed by atoms with E-state index in [4.69, 9.17) is 0 Å². The summed E-state index contributed by atoms with van der Waals surface area (Å²) in [5.41, 5.74) is 1.12. The summed E-state index contributed by atoms with van der Waals surface area (Å²) in [6.45, 7) is 6.61. The Kier molecular flexibility index (Phi) is 4.25. The van der Waals surface area contributed by atoms with Crippen LogP contribution in [0.1, 0.15) is 25.5 Å². The third-order valence-corrected chi connectivity index (χ3v) is 3.08. The van der Waals surface area contributed by atoms with Crippen molar-refractivity contribution in [3.8, 4) is 0 Å². The zero-order valence-corrected chi connectivity index (χ0v) is 9.89. The summed E-state index contributed by atoms with van der Waals surface area (Å²) < 4.78 is 0. The van der Waals surface area contributed by atoms with Crippen molar-refractivity contribution in [2.75, 3.05) is 19.6 Å². The van der Waals surface area contributed by atoms with Gasteiger partial charge in [-0.3, -0.25) is 4.90 Å². The summed E-state index contributed by atoms with van der Waals surface area (Å²) in [4.78, 5) is 10.7. The van der Waals surface area contributed by atoms with E-state index < -0.39 is 0 Å². The van der Waals surface area contributed by atoms with E-state index in [9.17, 15) is 0 Å². The summed E-state index contributed by atoms with van der Waals surface area (Å²) in [5, 5.41) is 3.57. The van der Waals surface area contributed by atoms with Crippen LogP contribution in [-0.4, -0.2) is 40.5 Å². The van der Waals surface area contributed by atoms with Gasteiger partial charge in [0.1, 0.15) is 6.33 Å². The maximum atomic E-state index is 4.28. The van der Waals surface area contributed by atoms with Crippen LogP contribution in [-0.2, 0) is 6.54 Å². The summed E-state index contributed by atoms with van der Waals surface area (Å²) in [5.74, 6) is 0. The van der Waals surface area contributed by atoms with Crippen LogP contribution in [0.4, 0.5) is 0 Å². The molecule has 0 radical (unpaired) electrons. The minimum absolute atomic E-state index is 0.629. The first-order valence-electron chi connectivity index (χ1n) is 6.09. The van der Waals surface area contributed by atoms with Crippen molar-refractivity contribution in [3.63, 3.8) is 0 Å². The van der Waals surface area contributed by atoms with E-state index in [1.54, 1.807) is 6.33 Å². The van der Waals surface area contributed by atoms with Crippen LogP contribution < -0.4 is 5.32 Å². The van der Waals surface area contributed by atoms with Crippen LogP contribution in [0.15, 0.2) is 18.6 Å². The predicted octanol–water partition coefficient (Wildman–Crippen LogP) is 1.05. The molecule has 2 rings (SSSR count). The van der Waals surface area contributed by atoms with Crippen LogP contribution >= 0.6 is 0 Å². The Morgan fingerprint density at radius 1 is 1.56 bits per heavy atom. The van der Waals surface area contributed by atoms with E-state index in [0.717, 1.165) is 31.9 Å². The minimum Gasteiger partial charge on any atom is -0.313 e. The lowest BCUT2D eigenvalue weighted by molar-refractivity contribution is 0.254. The van der Waals surface area contributed by atoms with Crippen molar-refractivity contribution in [2.24, 2.45) is 0 Å². The lowest BCUT2D eigenvalue weighted by atomic mass is 10.2. The Hall–Kier alpha value is -1.00. The van der Waals surface area contributed by atoms with Crippen molar-refractivity contribution in [3.05, 3.63) is 24.3 Å². The SMILES string of the molecule is CCC1CN(Cc2ccncn2)CCCN1. The molecule has 4 heteroatoms. The van der Waals surface area contributed by atoms with Gasteiger partial charge >= 0.3 is 0 Å². The van der Waals surface area contributed by atoms with Crippen molar-refractivity contribution in [1.29, 1.82) is 0 Å². The first kappa shape index (κ1) is 11.5. The molecule has 16 heavy (non-hydrogen) atoms. The molecule has 0 aliphatic carbocycles. The zero-order chi connectivity index (χ0) is 11.2. The Labute approximate surface area is 97.1 Å². The third kappa shape index (κ3) is 3.25. The largest absolute Gasteiger partial charge is 0.313 e. The molecule has 1 aliphatic heterocycles. The average molecular weight is 220 g/mol. The van der Waals surface area contributed by atoms with Crippen LogP contribution in [0.25, 0.3) is 0 Å². The van der Waals surface area contributed by atoms with Crippen LogP contribution in [0.3, 0.4) is 0 Å². The molecule has 1 N–H and O–H groups in total. The topological polar surface area (TPSA) is 41.1 Å². The lowest BCUT2D eigenvalue weighted by Crippen LogP contribution is -2.36. The molecule has 0 saturated carbocycles. The molecule has 1 fully saturated rings. The smallest absolute Gasteiger partial charge is 0.115 e. The first-order valence-corrected chi connectivity index (χ1v) is 6.09. The van der Waals surface area contributed by atoms with Crippen molar-refractivity contribution >= 4 is 0 Å². The molecule has 1 aliphatic rings. The molecule has 1 saturated heterocycles. The van der Waals surface area contributed by atoms with Gasteiger partial charge in [-0.05, 0) is 32.0 Å². The zero-order valence-electron chi connectivity index (χ0n) is 9.89. The number of aromatic nitrogens is 2. The van der Waals surface area contributed by atoms with E-state index >= 15 is 0 Å². The Bertz CT molecular complexity index is 301. The average Bonchev–Trinajstić information content (AvgIpc) is 2.55. The molecule has 4 nitrogen and oxygen atoms in total. The van der Waals surface area contributed by atoms with Gasteiger partial charge in [-0.1, -0.05) is 6.92 Å². The van der Waals surface area contributed by atoms with Gasteiger partial charge in [0.2, 0.25) is 0 Å². The van der Waals surface area contributed by atoms with Crippen LogP contribution in [0.5, 0.6) is 0 Å². The Morgan fingerprint density at radius 2 is 2.50 bits per heavy atom. The summed E-state index contributed by atoms with van der Waals surface area (Å²) in [7, 11) is 0. The van der Waals surface area contributed by atoms with Crippen LogP contribution in [0.2, 0.25) is 0 Å². The minimum atomic E-state index is 0.629. The van der Waals surface area contributed by atoms with E-state index in [2.05, 4.69) is 27.1 Å². The fraction of sp³-hybridized carbons (Fsp3) is 0.667. The molecule has 0 spiro atoms. The molecule has 1 atom stereocenters. The number of rotatable bonds is 3. The fourth-order valence-electron chi connectivity index (χ4n) is 2.13. The molecule has 2 heterocycles. The number of nitrogens with one attached hydrogen (secondary N) is 1. The van der Waals surface area contributed by atoms with E-state index in [1.807, 2.05) is 12.3 Å². The van der Waals surface area contributed by atoms with E-state index in [-0.39, 0.29) is 0 Å². The molecule has 1 unspecified atom stereocenters. The highest BCUT2D eigenvalue weighted by atomic mass is 15.2. The first-order chi connectivity index (χ1) is 7.88. The molecule has 1 aromatic rings. The number of hydrogen-bond donors (Lipinski definition) is 1. The predicted molar refractivity (Wildman–Crippen MR) is 64.0 cm³/mol. The molecule has 88 valence electrons. The lowest BCUT2D eigenvalue weighted by Gasteiger charge is -2.23. The van der Waals surface area contributed by atoms with Gasteiger partial charge in [-0.2, -0.15) is 0 Å². The summed E-state index contributed by atoms with van der Waals surface area (Å²) >= 11 is 0. The number of hydrogen-bond acceptors (Lipinski definition) is 4. The monoisotopic (exact) mass is 220 g/mol. The highest BCUT2D eigenvalue weighted by Gasteiger charge is 2.16. The van der Waals surface area contributed by atoms with Gasteiger partial charge in [0.25, 0.3) is 0 Å². The van der Waals surface area contributed by atoms with Crippen LogP contribution in [0, 0.1) is 0 Å². The molecule has 0 bridgehead atoms. The Morgan fingerprint density at radius 3 is 3.25 bits per heavy atom. The summed E-state index contributed by atoms with van der Waals surface area (Å²) in [6, 6.07) is 2.63. The highest BCUT2D eigenvalue weighted by molar-refractivity contribution is 4.98. The van der Waals surface area contributed by atoms with Gasteiger partial charge < -0.3 is 5.32 Å². The quantitative estimate of drug-likeness (QED) is 0.826. The maximum absolute atomic E-state index is 4.28. The molecule has 1 aromatic heterocycles. The summed E-state index contributed by atoms with van der Waals surface area (Å²) in [6.07, 6.45) is 5.86. The second kappa shape index (κ2) is 5.92. The maximum Gasteiger partial charge on any atom is 0.115 e. The second-order valence-corrected chi connectivity index (χ2v) is 4.35. The molecule has 0 aromatic carbocycles. The number of nitrogens with zero attached hydrogens (tertiary/aromatic N) is 3. The van der Waals surface area contributed by atoms with Crippen molar-refractivity contribution in [1.82, 2.24) is 20.2 Å². The van der Waals surface area contributed by atoms with E-state index in [0.29, 0.717) is 6.04 Å². The normalized spacial score (nSPS) is 22.9. The van der Waals surface area contributed by atoms with Gasteiger partial charge in [0.05, 0.1) is 5.69 Å². The fourth-order valence-corrected chi connectivity index (χ4v) is 2.13. The van der Waals surface area contributed by atoms with Crippen molar-refractivity contribution in [2.45, 2.75) is 32.4 Å². The Balaban J connectivity index is 1.93. The van der Waals surface area contributed by atoms with Crippen molar-refractivity contribution < 1.29 is 0 Å². The van der Waals surface area contributed by atoms with Gasteiger partial charge in [-0.15, -0.1) is 0 Å². The third-order valence-electron chi connectivity index (χ3n) is 3.08. The molecular weight excluding hydrogens is 200 g/mol. The van der Waals surface area contributed by atoms with Gasteiger partial charge in [-0.25, -0.2) is 9.97 Å². The standard InChI is InChI=1S/C12H20N4/c1-2-11-8-16(7-3-5-14-11)9-12-4-6-13-10-15-12/h4,6,10-11,14H,2-3,5,7-9H2,1H3. The highest BCUT2D eigenvalue weighted by Crippen LogP contribution is 2.07.